The van der Waals surface area contributed by atoms with E-state index >= 15 is 0 Å². The minimum atomic E-state index is -0.853. The van der Waals surface area contributed by atoms with Gasteiger partial charge in [0.15, 0.2) is 11.9 Å². The largest absolute Gasteiger partial charge is 0.472 e. The number of ketones is 1. The Balaban J connectivity index is 1.55. The summed E-state index contributed by atoms with van der Waals surface area (Å²) in [6, 6.07) is 1.84. The van der Waals surface area contributed by atoms with E-state index < -0.39 is 40.2 Å². The van der Waals surface area contributed by atoms with Crippen LogP contribution in [0.5, 0.6) is 0 Å². The van der Waals surface area contributed by atoms with E-state index in [-0.39, 0.29) is 35.0 Å². The van der Waals surface area contributed by atoms with Crippen LogP contribution in [0.2, 0.25) is 0 Å². The third-order valence-corrected chi connectivity index (χ3v) is 10.8. The number of cyclic esters (lactones) is 1. The van der Waals surface area contributed by atoms with Gasteiger partial charge in [-0.25, -0.2) is 4.79 Å². The van der Waals surface area contributed by atoms with Crippen LogP contribution in [0.4, 0.5) is 0 Å². The summed E-state index contributed by atoms with van der Waals surface area (Å²) in [5.74, 6) is -0.603. The second-order valence-electron chi connectivity index (χ2n) is 12.6. The van der Waals surface area contributed by atoms with Crippen LogP contribution in [0, 0.1) is 33.5 Å². The van der Waals surface area contributed by atoms with E-state index in [1.165, 1.54) is 6.92 Å². The molecular weight excluding hydrogens is 448 g/mol. The molecule has 0 N–H and O–H groups in total. The van der Waals surface area contributed by atoms with Crippen LogP contribution in [-0.4, -0.2) is 35.5 Å². The van der Waals surface area contributed by atoms with Crippen molar-refractivity contribution in [2.24, 2.45) is 33.5 Å². The topological polar surface area (TPSA) is 95.3 Å². The number of ether oxygens (including phenoxy) is 3. The van der Waals surface area contributed by atoms with Gasteiger partial charge in [-0.15, -0.1) is 0 Å². The SMILES string of the molecule is CC(=O)O[C@H]1CC2C(C)(C)C(=O)C=C[C@]2(C)[C@H]2CC[C@@]3(C)[C@H](c4ccoc4)OC(=O)[C@H]4O[C@]43[C@]12C. The molecule has 0 radical (unpaired) electrons. The van der Waals surface area contributed by atoms with E-state index in [1.807, 2.05) is 19.9 Å². The van der Waals surface area contributed by atoms with Crippen LogP contribution in [-0.2, 0) is 28.6 Å². The highest BCUT2D eigenvalue weighted by molar-refractivity contribution is 5.95. The quantitative estimate of drug-likeness (QED) is 0.450. The van der Waals surface area contributed by atoms with Crippen molar-refractivity contribution in [2.75, 3.05) is 0 Å². The summed E-state index contributed by atoms with van der Waals surface area (Å²) in [4.78, 5) is 38.6. The standard InChI is InChI=1S/C28H34O7/c1-15(29)33-20-13-18-24(2,3)19(30)8-10-25(18,4)17-7-11-26(5)21(16-9-12-32-14-16)34-23(31)22-28(26,35-22)27(17,20)6/h8-10,12,14,17-18,20-22H,7,11,13H2,1-6H3/t17-,18?,20+,21+,22-,25-,26+,27+,28-/m1/s1. The lowest BCUT2D eigenvalue weighted by Crippen LogP contribution is -2.72. The van der Waals surface area contributed by atoms with Crippen LogP contribution in [0.3, 0.4) is 0 Å². The molecular formula is C28H34O7. The van der Waals surface area contributed by atoms with E-state index in [0.29, 0.717) is 6.42 Å². The molecule has 1 spiro atoms. The van der Waals surface area contributed by atoms with Crippen molar-refractivity contribution >= 4 is 17.7 Å². The number of hydrogen-bond donors (Lipinski definition) is 0. The van der Waals surface area contributed by atoms with Gasteiger partial charge in [0.25, 0.3) is 0 Å². The molecule has 9 atom stereocenters. The molecule has 3 aliphatic carbocycles. The van der Waals surface area contributed by atoms with Crippen LogP contribution < -0.4 is 0 Å². The van der Waals surface area contributed by atoms with Gasteiger partial charge in [-0.05, 0) is 48.7 Å². The number of furan rings is 1. The van der Waals surface area contributed by atoms with Crippen molar-refractivity contribution in [3.8, 4) is 0 Å². The maximum Gasteiger partial charge on any atom is 0.339 e. The summed E-state index contributed by atoms with van der Waals surface area (Å²) >= 11 is 0. The Morgan fingerprint density at radius 1 is 1.09 bits per heavy atom. The Morgan fingerprint density at radius 3 is 2.49 bits per heavy atom. The van der Waals surface area contributed by atoms with Crippen molar-refractivity contribution in [2.45, 2.75) is 84.7 Å². The molecule has 4 fully saturated rings. The fourth-order valence-corrected chi connectivity index (χ4v) is 9.20. The number of allylic oxidation sites excluding steroid dienone is 2. The first-order chi connectivity index (χ1) is 16.3. The fourth-order valence-electron chi connectivity index (χ4n) is 9.20. The predicted octanol–water partition coefficient (Wildman–Crippen LogP) is 4.56. The zero-order chi connectivity index (χ0) is 25.2. The van der Waals surface area contributed by atoms with E-state index in [4.69, 9.17) is 18.6 Å². The Kier molecular flexibility index (Phi) is 4.38. The number of esters is 2. The van der Waals surface area contributed by atoms with Gasteiger partial charge in [0.1, 0.15) is 17.8 Å². The summed E-state index contributed by atoms with van der Waals surface area (Å²) in [7, 11) is 0. The summed E-state index contributed by atoms with van der Waals surface area (Å²) in [6.07, 6.45) is 7.46. The van der Waals surface area contributed by atoms with Gasteiger partial charge in [0.2, 0.25) is 0 Å². The van der Waals surface area contributed by atoms with Gasteiger partial charge in [0.05, 0.1) is 12.5 Å². The van der Waals surface area contributed by atoms with Crippen LogP contribution in [0.1, 0.15) is 72.5 Å². The monoisotopic (exact) mass is 482 g/mol. The molecule has 0 amide bonds. The lowest BCUT2D eigenvalue weighted by molar-refractivity contribution is -0.251. The van der Waals surface area contributed by atoms with Crippen molar-refractivity contribution < 1.29 is 33.0 Å². The van der Waals surface area contributed by atoms with Crippen LogP contribution >= 0.6 is 0 Å². The maximum absolute atomic E-state index is 13.2. The molecule has 0 bridgehead atoms. The second kappa shape index (κ2) is 6.67. The van der Waals surface area contributed by atoms with Crippen molar-refractivity contribution in [3.63, 3.8) is 0 Å². The molecule has 3 heterocycles. The van der Waals surface area contributed by atoms with Crippen LogP contribution in [0.25, 0.3) is 0 Å². The summed E-state index contributed by atoms with van der Waals surface area (Å²) in [6.45, 7) is 12.0. The van der Waals surface area contributed by atoms with E-state index in [0.717, 1.165) is 18.4 Å². The molecule has 188 valence electrons. The number of epoxide rings is 1. The Labute approximate surface area is 205 Å². The Hall–Kier alpha value is -2.41. The highest BCUT2D eigenvalue weighted by atomic mass is 16.7. The number of carbonyl (C=O) groups is 3. The lowest BCUT2D eigenvalue weighted by Gasteiger charge is -2.68. The highest BCUT2D eigenvalue weighted by Gasteiger charge is 2.88. The Bertz CT molecular complexity index is 1150. The molecule has 1 unspecified atom stereocenters. The predicted molar refractivity (Wildman–Crippen MR) is 124 cm³/mol. The normalized spacial score (nSPS) is 49.1. The average molecular weight is 483 g/mol. The smallest absolute Gasteiger partial charge is 0.339 e. The molecule has 1 aromatic rings. The molecule has 35 heavy (non-hydrogen) atoms. The molecule has 5 aliphatic rings. The summed E-state index contributed by atoms with van der Waals surface area (Å²) in [5, 5.41) is 0. The lowest BCUT2D eigenvalue weighted by atomic mass is 9.35. The van der Waals surface area contributed by atoms with Gasteiger partial charge < -0.3 is 18.6 Å². The molecule has 2 aliphatic heterocycles. The molecule has 7 nitrogen and oxygen atoms in total. The maximum atomic E-state index is 13.2. The number of hydrogen-bond acceptors (Lipinski definition) is 7. The Morgan fingerprint density at radius 2 is 1.83 bits per heavy atom. The van der Waals surface area contributed by atoms with E-state index in [2.05, 4.69) is 26.8 Å². The second-order valence-corrected chi connectivity index (χ2v) is 12.6. The first-order valence-electron chi connectivity index (χ1n) is 12.7. The van der Waals surface area contributed by atoms with Gasteiger partial charge in [0, 0.05) is 28.7 Å². The molecule has 6 rings (SSSR count). The highest BCUT2D eigenvalue weighted by Crippen LogP contribution is 2.79. The van der Waals surface area contributed by atoms with Crippen LogP contribution in [0.15, 0.2) is 35.2 Å². The van der Waals surface area contributed by atoms with Gasteiger partial charge in [-0.2, -0.15) is 0 Å². The first kappa shape index (κ1) is 23.0. The third-order valence-electron chi connectivity index (χ3n) is 10.8. The van der Waals surface area contributed by atoms with Gasteiger partial charge in [-0.3, -0.25) is 9.59 Å². The van der Waals surface area contributed by atoms with Crippen molar-refractivity contribution in [1.82, 2.24) is 0 Å². The molecule has 0 aromatic carbocycles. The minimum absolute atomic E-state index is 0.00639. The number of fused-ring (bicyclic) bond motifs is 3. The average Bonchev–Trinajstić information content (AvgIpc) is 3.35. The number of carbonyl (C=O) groups excluding carboxylic acids is 3. The molecule has 2 saturated heterocycles. The van der Waals surface area contributed by atoms with Crippen molar-refractivity contribution in [1.29, 1.82) is 0 Å². The van der Waals surface area contributed by atoms with E-state index in [1.54, 1.807) is 18.6 Å². The van der Waals surface area contributed by atoms with Gasteiger partial charge in [-0.1, -0.05) is 40.7 Å². The molecule has 2 saturated carbocycles. The zero-order valence-corrected chi connectivity index (χ0v) is 21.3. The van der Waals surface area contributed by atoms with Crippen molar-refractivity contribution in [3.05, 3.63) is 36.3 Å². The zero-order valence-electron chi connectivity index (χ0n) is 21.3. The first-order valence-corrected chi connectivity index (χ1v) is 12.7. The summed E-state index contributed by atoms with van der Waals surface area (Å²) in [5.41, 5.74) is -2.15. The fraction of sp³-hybridized carbons (Fsp3) is 0.679. The number of rotatable bonds is 2. The summed E-state index contributed by atoms with van der Waals surface area (Å²) < 4.78 is 24.0. The minimum Gasteiger partial charge on any atom is -0.472 e. The van der Waals surface area contributed by atoms with Gasteiger partial charge >= 0.3 is 11.9 Å². The van der Waals surface area contributed by atoms with E-state index in [9.17, 15) is 14.4 Å². The molecule has 1 aromatic heterocycles. The molecule has 7 heteroatoms. The third kappa shape index (κ3) is 2.48.